The SMILES string of the molecule is C=CCN(CCCCC)CCCNC(=O)c1ccc(-n2ccnc2)cc1. The summed E-state index contributed by atoms with van der Waals surface area (Å²) < 4.78 is 1.91. The van der Waals surface area contributed by atoms with Crippen molar-refractivity contribution >= 4 is 5.91 Å². The number of nitrogens with one attached hydrogen (secondary N) is 1. The number of nitrogens with zero attached hydrogens (tertiary/aromatic N) is 3. The van der Waals surface area contributed by atoms with Gasteiger partial charge in [0.25, 0.3) is 5.91 Å². The summed E-state index contributed by atoms with van der Waals surface area (Å²) in [5, 5.41) is 3.01. The minimum Gasteiger partial charge on any atom is -0.352 e. The van der Waals surface area contributed by atoms with E-state index in [2.05, 4.69) is 28.7 Å². The maximum atomic E-state index is 12.3. The lowest BCUT2D eigenvalue weighted by atomic mass is 10.2. The molecular weight excluding hydrogens is 324 g/mol. The van der Waals surface area contributed by atoms with Crippen molar-refractivity contribution in [2.24, 2.45) is 0 Å². The lowest BCUT2D eigenvalue weighted by molar-refractivity contribution is 0.0952. The number of imidazole rings is 1. The largest absolute Gasteiger partial charge is 0.352 e. The normalized spacial score (nSPS) is 10.8. The molecular formula is C21H30N4O. The maximum Gasteiger partial charge on any atom is 0.251 e. The van der Waals surface area contributed by atoms with Gasteiger partial charge >= 0.3 is 0 Å². The van der Waals surface area contributed by atoms with Crippen molar-refractivity contribution in [3.63, 3.8) is 0 Å². The minimum absolute atomic E-state index is 0.0246. The first kappa shape index (κ1) is 19.9. The lowest BCUT2D eigenvalue weighted by Gasteiger charge is -2.20. The van der Waals surface area contributed by atoms with Crippen molar-refractivity contribution in [3.8, 4) is 5.69 Å². The van der Waals surface area contributed by atoms with Gasteiger partial charge in [0.05, 0.1) is 6.33 Å². The van der Waals surface area contributed by atoms with E-state index < -0.39 is 0 Å². The smallest absolute Gasteiger partial charge is 0.251 e. The minimum atomic E-state index is -0.0246. The molecule has 0 radical (unpaired) electrons. The number of hydrogen-bond acceptors (Lipinski definition) is 3. The Balaban J connectivity index is 1.73. The maximum absolute atomic E-state index is 12.3. The molecule has 26 heavy (non-hydrogen) atoms. The first-order valence-corrected chi connectivity index (χ1v) is 9.44. The van der Waals surface area contributed by atoms with E-state index in [1.54, 1.807) is 12.5 Å². The zero-order valence-electron chi connectivity index (χ0n) is 15.7. The molecule has 0 aliphatic heterocycles. The van der Waals surface area contributed by atoms with E-state index >= 15 is 0 Å². The summed E-state index contributed by atoms with van der Waals surface area (Å²) in [4.78, 5) is 18.7. The van der Waals surface area contributed by atoms with E-state index in [-0.39, 0.29) is 5.91 Å². The van der Waals surface area contributed by atoms with Gasteiger partial charge < -0.3 is 9.88 Å². The highest BCUT2D eigenvalue weighted by Gasteiger charge is 2.06. The summed E-state index contributed by atoms with van der Waals surface area (Å²) in [5.41, 5.74) is 1.67. The molecule has 0 fully saturated rings. The molecule has 2 rings (SSSR count). The number of aromatic nitrogens is 2. The average Bonchev–Trinajstić information content (AvgIpc) is 3.20. The van der Waals surface area contributed by atoms with Gasteiger partial charge in [-0.05, 0) is 43.7 Å². The van der Waals surface area contributed by atoms with Gasteiger partial charge in [-0.1, -0.05) is 25.8 Å². The Morgan fingerprint density at radius 2 is 2.00 bits per heavy atom. The predicted octanol–water partition coefficient (Wildman–Crippen LogP) is 3.67. The van der Waals surface area contributed by atoms with Crippen LogP contribution in [-0.2, 0) is 0 Å². The van der Waals surface area contributed by atoms with Gasteiger partial charge in [-0.2, -0.15) is 0 Å². The van der Waals surface area contributed by atoms with E-state index in [0.717, 1.165) is 31.7 Å². The molecule has 1 amide bonds. The van der Waals surface area contributed by atoms with Crippen LogP contribution in [0.25, 0.3) is 5.69 Å². The van der Waals surface area contributed by atoms with E-state index in [9.17, 15) is 4.79 Å². The molecule has 0 spiro atoms. The molecule has 2 aromatic rings. The summed E-state index contributed by atoms with van der Waals surface area (Å²) in [6.07, 6.45) is 12.0. The third kappa shape index (κ3) is 6.48. The van der Waals surface area contributed by atoms with Crippen LogP contribution in [0, 0.1) is 0 Å². The number of benzene rings is 1. The van der Waals surface area contributed by atoms with Crippen molar-refractivity contribution < 1.29 is 4.79 Å². The van der Waals surface area contributed by atoms with Gasteiger partial charge in [0, 0.05) is 43.3 Å². The van der Waals surface area contributed by atoms with Crippen LogP contribution in [-0.4, -0.2) is 46.5 Å². The average molecular weight is 354 g/mol. The van der Waals surface area contributed by atoms with Gasteiger partial charge in [-0.3, -0.25) is 9.69 Å². The van der Waals surface area contributed by atoms with Crippen molar-refractivity contribution in [3.05, 3.63) is 61.2 Å². The monoisotopic (exact) mass is 354 g/mol. The van der Waals surface area contributed by atoms with Crippen LogP contribution in [0.3, 0.4) is 0 Å². The van der Waals surface area contributed by atoms with Crippen LogP contribution in [0.5, 0.6) is 0 Å². The molecule has 1 aromatic carbocycles. The van der Waals surface area contributed by atoms with E-state index in [0.29, 0.717) is 12.1 Å². The standard InChI is InChI=1S/C21H30N4O/c1-3-5-6-15-24(14-4-2)16-7-12-23-21(26)19-8-10-20(11-9-19)25-17-13-22-18-25/h4,8-11,13,17-18H,2-3,5-7,12,14-16H2,1H3,(H,23,26). The van der Waals surface area contributed by atoms with E-state index in [1.807, 2.05) is 41.1 Å². The van der Waals surface area contributed by atoms with Gasteiger partial charge in [-0.25, -0.2) is 4.98 Å². The Bertz CT molecular complexity index is 649. The fourth-order valence-corrected chi connectivity index (χ4v) is 2.87. The predicted molar refractivity (Wildman–Crippen MR) is 107 cm³/mol. The Morgan fingerprint density at radius 1 is 1.23 bits per heavy atom. The van der Waals surface area contributed by atoms with Crippen molar-refractivity contribution in [1.82, 2.24) is 19.8 Å². The molecule has 1 heterocycles. The summed E-state index contributed by atoms with van der Waals surface area (Å²) in [6, 6.07) is 7.55. The van der Waals surface area contributed by atoms with Crippen LogP contribution in [0.4, 0.5) is 0 Å². The summed E-state index contributed by atoms with van der Waals surface area (Å²) in [7, 11) is 0. The zero-order valence-corrected chi connectivity index (χ0v) is 15.7. The van der Waals surface area contributed by atoms with Gasteiger partial charge in [0.15, 0.2) is 0 Å². The molecule has 140 valence electrons. The van der Waals surface area contributed by atoms with E-state index in [4.69, 9.17) is 0 Å². The Kier molecular flexibility index (Phi) is 8.63. The lowest BCUT2D eigenvalue weighted by Crippen LogP contribution is -2.30. The highest BCUT2D eigenvalue weighted by atomic mass is 16.1. The molecule has 0 bridgehead atoms. The van der Waals surface area contributed by atoms with Gasteiger partial charge in [-0.15, -0.1) is 6.58 Å². The molecule has 1 aromatic heterocycles. The molecule has 0 saturated carbocycles. The van der Waals surface area contributed by atoms with Crippen LogP contribution < -0.4 is 5.32 Å². The topological polar surface area (TPSA) is 50.2 Å². The fraction of sp³-hybridized carbons (Fsp3) is 0.429. The number of rotatable bonds is 12. The second kappa shape index (κ2) is 11.3. The molecule has 5 nitrogen and oxygen atoms in total. The van der Waals surface area contributed by atoms with Gasteiger partial charge in [0.2, 0.25) is 0 Å². The Morgan fingerprint density at radius 3 is 2.65 bits per heavy atom. The molecule has 0 aliphatic rings. The molecule has 5 heteroatoms. The molecule has 0 unspecified atom stereocenters. The quantitative estimate of drug-likeness (QED) is 0.467. The molecule has 0 aliphatic carbocycles. The first-order chi connectivity index (χ1) is 12.7. The van der Waals surface area contributed by atoms with Crippen molar-refractivity contribution in [2.75, 3.05) is 26.2 Å². The highest BCUT2D eigenvalue weighted by molar-refractivity contribution is 5.94. The van der Waals surface area contributed by atoms with Crippen LogP contribution in [0.2, 0.25) is 0 Å². The third-order valence-electron chi connectivity index (χ3n) is 4.33. The summed E-state index contributed by atoms with van der Waals surface area (Å²) in [6.45, 7) is 9.73. The second-order valence-corrected chi connectivity index (χ2v) is 6.42. The van der Waals surface area contributed by atoms with Crippen LogP contribution in [0.1, 0.15) is 43.0 Å². The molecule has 1 N–H and O–H groups in total. The van der Waals surface area contributed by atoms with Crippen LogP contribution in [0.15, 0.2) is 55.6 Å². The summed E-state index contributed by atoms with van der Waals surface area (Å²) >= 11 is 0. The van der Waals surface area contributed by atoms with Crippen molar-refractivity contribution in [2.45, 2.75) is 32.6 Å². The van der Waals surface area contributed by atoms with Crippen LogP contribution >= 0.6 is 0 Å². The molecule has 0 atom stereocenters. The third-order valence-corrected chi connectivity index (χ3v) is 4.33. The Hall–Kier alpha value is -2.40. The Labute approximate surface area is 156 Å². The first-order valence-electron chi connectivity index (χ1n) is 9.44. The number of amides is 1. The number of unbranched alkanes of at least 4 members (excludes halogenated alkanes) is 2. The summed E-state index contributed by atoms with van der Waals surface area (Å²) in [5.74, 6) is -0.0246. The van der Waals surface area contributed by atoms with Gasteiger partial charge in [0.1, 0.15) is 0 Å². The van der Waals surface area contributed by atoms with Crippen molar-refractivity contribution in [1.29, 1.82) is 0 Å². The zero-order chi connectivity index (χ0) is 18.6. The second-order valence-electron chi connectivity index (χ2n) is 6.42. The number of carbonyl (C=O) groups excluding carboxylic acids is 1. The highest BCUT2D eigenvalue weighted by Crippen LogP contribution is 2.09. The molecule has 0 saturated heterocycles. The van der Waals surface area contributed by atoms with E-state index in [1.165, 1.54) is 19.3 Å². The number of carbonyl (C=O) groups is 1. The fourth-order valence-electron chi connectivity index (χ4n) is 2.87. The number of hydrogen-bond donors (Lipinski definition) is 1.